The molecule has 0 amide bonds. The third-order valence-electron chi connectivity index (χ3n) is 5.23. The van der Waals surface area contributed by atoms with E-state index >= 15 is 0 Å². The number of aromatic nitrogens is 1. The Morgan fingerprint density at radius 1 is 0.958 bits per heavy atom. The number of nitrogens with zero attached hydrogens (tertiary/aromatic N) is 3. The number of rotatable bonds is 3. The standard InChI is InChI=1S/C18H26F3N3/c19-18(20,21)16-7-8-17(22-13-16)24-10-4-9-23(11-12-24)14-15-5-2-1-3-6-15/h7-8,13,15H,1-6,9-12,14H2. The lowest BCUT2D eigenvalue weighted by Gasteiger charge is -2.29. The van der Waals surface area contributed by atoms with Crippen LogP contribution >= 0.6 is 0 Å². The monoisotopic (exact) mass is 341 g/mol. The summed E-state index contributed by atoms with van der Waals surface area (Å²) in [6, 6.07) is 2.63. The highest BCUT2D eigenvalue weighted by molar-refractivity contribution is 5.40. The molecule has 24 heavy (non-hydrogen) atoms. The lowest BCUT2D eigenvalue weighted by molar-refractivity contribution is -0.137. The molecule has 1 saturated heterocycles. The minimum atomic E-state index is -4.32. The summed E-state index contributed by atoms with van der Waals surface area (Å²) in [5.74, 6) is 1.48. The molecule has 0 atom stereocenters. The van der Waals surface area contributed by atoms with Crippen LogP contribution < -0.4 is 4.90 Å². The molecule has 1 saturated carbocycles. The highest BCUT2D eigenvalue weighted by Crippen LogP contribution is 2.29. The van der Waals surface area contributed by atoms with Crippen LogP contribution in [0, 0.1) is 5.92 Å². The van der Waals surface area contributed by atoms with Gasteiger partial charge in [0.05, 0.1) is 5.56 Å². The molecule has 6 heteroatoms. The van der Waals surface area contributed by atoms with Crippen LogP contribution in [0.2, 0.25) is 0 Å². The predicted octanol–water partition coefficient (Wildman–Crippen LogP) is 4.19. The fourth-order valence-corrected chi connectivity index (χ4v) is 3.86. The smallest absolute Gasteiger partial charge is 0.355 e. The average Bonchev–Trinajstić information content (AvgIpc) is 2.81. The van der Waals surface area contributed by atoms with Crippen molar-refractivity contribution in [1.29, 1.82) is 0 Å². The molecule has 0 spiro atoms. The van der Waals surface area contributed by atoms with Gasteiger partial charge in [0.1, 0.15) is 5.82 Å². The molecular formula is C18H26F3N3. The van der Waals surface area contributed by atoms with E-state index in [1.807, 2.05) is 0 Å². The Balaban J connectivity index is 1.55. The van der Waals surface area contributed by atoms with Gasteiger partial charge in [-0.15, -0.1) is 0 Å². The topological polar surface area (TPSA) is 19.4 Å². The van der Waals surface area contributed by atoms with Crippen molar-refractivity contribution in [3.63, 3.8) is 0 Å². The zero-order valence-electron chi connectivity index (χ0n) is 14.1. The number of hydrogen-bond acceptors (Lipinski definition) is 3. The van der Waals surface area contributed by atoms with Crippen molar-refractivity contribution in [2.45, 2.75) is 44.7 Å². The third-order valence-corrected chi connectivity index (χ3v) is 5.23. The van der Waals surface area contributed by atoms with Crippen molar-refractivity contribution >= 4 is 5.82 Å². The van der Waals surface area contributed by atoms with E-state index < -0.39 is 11.7 Å². The second-order valence-electron chi connectivity index (χ2n) is 7.05. The molecule has 1 aromatic heterocycles. The van der Waals surface area contributed by atoms with Crippen molar-refractivity contribution in [1.82, 2.24) is 9.88 Å². The minimum absolute atomic E-state index is 0.655. The molecule has 0 aromatic carbocycles. The van der Waals surface area contributed by atoms with Gasteiger partial charge >= 0.3 is 6.18 Å². The van der Waals surface area contributed by atoms with E-state index in [2.05, 4.69) is 14.8 Å². The fourth-order valence-electron chi connectivity index (χ4n) is 3.86. The Kier molecular flexibility index (Phi) is 5.64. The van der Waals surface area contributed by atoms with E-state index in [0.717, 1.165) is 50.8 Å². The van der Waals surface area contributed by atoms with Crippen molar-refractivity contribution in [2.75, 3.05) is 37.6 Å². The van der Waals surface area contributed by atoms with Crippen LogP contribution in [0.5, 0.6) is 0 Å². The van der Waals surface area contributed by atoms with Crippen LogP contribution in [0.25, 0.3) is 0 Å². The fraction of sp³-hybridized carbons (Fsp3) is 0.722. The minimum Gasteiger partial charge on any atom is -0.355 e. The number of halogens is 3. The molecule has 0 unspecified atom stereocenters. The summed E-state index contributed by atoms with van der Waals surface area (Å²) < 4.78 is 37.9. The summed E-state index contributed by atoms with van der Waals surface area (Å²) in [5.41, 5.74) is -0.681. The molecule has 2 heterocycles. The molecule has 0 N–H and O–H groups in total. The summed E-state index contributed by atoms with van der Waals surface area (Å²) in [4.78, 5) is 8.68. The summed E-state index contributed by atoms with van der Waals surface area (Å²) >= 11 is 0. The highest BCUT2D eigenvalue weighted by Gasteiger charge is 2.31. The van der Waals surface area contributed by atoms with Crippen LogP contribution in [0.4, 0.5) is 19.0 Å². The maximum atomic E-state index is 12.6. The Labute approximate surface area is 141 Å². The van der Waals surface area contributed by atoms with E-state index in [4.69, 9.17) is 0 Å². The molecule has 0 radical (unpaired) electrons. The maximum Gasteiger partial charge on any atom is 0.417 e. The van der Waals surface area contributed by atoms with E-state index in [1.165, 1.54) is 44.7 Å². The summed E-state index contributed by atoms with van der Waals surface area (Å²) in [6.45, 7) is 4.92. The first kappa shape index (κ1) is 17.5. The van der Waals surface area contributed by atoms with Crippen LogP contribution in [0.3, 0.4) is 0 Å². The van der Waals surface area contributed by atoms with Crippen molar-refractivity contribution < 1.29 is 13.2 Å². The molecule has 134 valence electrons. The van der Waals surface area contributed by atoms with Gasteiger partial charge < -0.3 is 9.80 Å². The van der Waals surface area contributed by atoms with Crippen LogP contribution in [0.15, 0.2) is 18.3 Å². The molecule has 1 aromatic rings. The first-order valence-electron chi connectivity index (χ1n) is 9.03. The van der Waals surface area contributed by atoms with Crippen molar-refractivity contribution in [3.05, 3.63) is 23.9 Å². The van der Waals surface area contributed by atoms with Gasteiger partial charge in [-0.05, 0) is 43.9 Å². The molecule has 0 bridgehead atoms. The van der Waals surface area contributed by atoms with Gasteiger partial charge in [-0.1, -0.05) is 19.3 Å². The van der Waals surface area contributed by atoms with Crippen molar-refractivity contribution in [2.24, 2.45) is 5.92 Å². The molecule has 3 nitrogen and oxygen atoms in total. The second-order valence-corrected chi connectivity index (χ2v) is 7.05. The molecule has 1 aliphatic carbocycles. The van der Waals surface area contributed by atoms with Gasteiger partial charge in [0.15, 0.2) is 0 Å². The van der Waals surface area contributed by atoms with Gasteiger partial charge in [0, 0.05) is 32.4 Å². The van der Waals surface area contributed by atoms with Crippen molar-refractivity contribution in [3.8, 4) is 0 Å². The average molecular weight is 341 g/mol. The Morgan fingerprint density at radius 2 is 1.75 bits per heavy atom. The first-order chi connectivity index (χ1) is 11.5. The van der Waals surface area contributed by atoms with Crippen LogP contribution in [-0.2, 0) is 6.18 Å². The van der Waals surface area contributed by atoms with E-state index in [9.17, 15) is 13.2 Å². The Morgan fingerprint density at radius 3 is 2.42 bits per heavy atom. The van der Waals surface area contributed by atoms with Gasteiger partial charge in [-0.25, -0.2) is 4.98 Å². The quantitative estimate of drug-likeness (QED) is 0.822. The van der Waals surface area contributed by atoms with Gasteiger partial charge in [0.25, 0.3) is 0 Å². The SMILES string of the molecule is FC(F)(F)c1ccc(N2CCCN(CC3CCCCC3)CC2)nc1. The molecular weight excluding hydrogens is 315 g/mol. The zero-order chi connectivity index (χ0) is 17.0. The molecule has 2 fully saturated rings. The number of alkyl halides is 3. The summed E-state index contributed by atoms with van der Waals surface area (Å²) in [6.07, 6.45) is 4.46. The van der Waals surface area contributed by atoms with Gasteiger partial charge in [-0.3, -0.25) is 0 Å². The van der Waals surface area contributed by atoms with E-state index in [0.29, 0.717) is 5.82 Å². The van der Waals surface area contributed by atoms with Crippen LogP contribution in [-0.4, -0.2) is 42.6 Å². The third kappa shape index (κ3) is 4.62. The molecule has 3 rings (SSSR count). The van der Waals surface area contributed by atoms with Crippen LogP contribution in [0.1, 0.15) is 44.1 Å². The van der Waals surface area contributed by atoms with E-state index in [1.54, 1.807) is 0 Å². The Bertz CT molecular complexity index is 509. The Hall–Kier alpha value is -1.30. The first-order valence-corrected chi connectivity index (χ1v) is 9.03. The normalized spacial score (nSPS) is 21.7. The summed E-state index contributed by atoms with van der Waals surface area (Å²) in [5, 5.41) is 0. The largest absolute Gasteiger partial charge is 0.417 e. The zero-order valence-corrected chi connectivity index (χ0v) is 14.1. The number of anilines is 1. The number of hydrogen-bond donors (Lipinski definition) is 0. The highest BCUT2D eigenvalue weighted by atomic mass is 19.4. The van der Waals surface area contributed by atoms with Gasteiger partial charge in [0.2, 0.25) is 0 Å². The predicted molar refractivity (Wildman–Crippen MR) is 89.1 cm³/mol. The van der Waals surface area contributed by atoms with E-state index in [-0.39, 0.29) is 0 Å². The molecule has 2 aliphatic rings. The van der Waals surface area contributed by atoms with Gasteiger partial charge in [-0.2, -0.15) is 13.2 Å². The second kappa shape index (κ2) is 7.72. The maximum absolute atomic E-state index is 12.6. The summed E-state index contributed by atoms with van der Waals surface area (Å²) in [7, 11) is 0. The molecule has 1 aliphatic heterocycles. The lowest BCUT2D eigenvalue weighted by Crippen LogP contribution is -2.34. The number of pyridine rings is 1. The lowest BCUT2D eigenvalue weighted by atomic mass is 9.89.